The molecular formula is C37H36N3NiO7+. The molecule has 1 amide bonds. The van der Waals surface area contributed by atoms with Gasteiger partial charge in [0.1, 0.15) is 6.10 Å². The number of nitrogens with zero attached hydrogens (tertiary/aromatic N) is 3. The molecule has 10 nitrogen and oxygen atoms in total. The molecule has 2 aliphatic rings. The smallest absolute Gasteiger partial charge is 0.625 e. The van der Waals surface area contributed by atoms with Crippen LogP contribution in [0.4, 0.5) is 5.69 Å². The third kappa shape index (κ3) is 7.94. The van der Waals surface area contributed by atoms with Crippen molar-refractivity contribution in [2.75, 3.05) is 13.2 Å². The van der Waals surface area contributed by atoms with Crippen LogP contribution in [0, 0.1) is 0 Å². The normalized spacial score (nSPS) is 18.5. The minimum atomic E-state index is -1.60. The maximum absolute atomic E-state index is 13.7. The van der Waals surface area contributed by atoms with Crippen molar-refractivity contribution in [2.45, 2.75) is 51.0 Å². The van der Waals surface area contributed by atoms with Gasteiger partial charge in [0.2, 0.25) is 0 Å². The largest absolute Gasteiger partial charge is 2.00 e. The first-order valence-corrected chi connectivity index (χ1v) is 15.7. The fraction of sp³-hybridized carbons (Fsp3) is 0.270. The quantitative estimate of drug-likeness (QED) is 0.137. The number of carbonyl (C=O) groups excluding carboxylic acids is 1. The number of carbonyl (C=O) groups is 2. The molecule has 2 aliphatic heterocycles. The van der Waals surface area contributed by atoms with Crippen molar-refractivity contribution in [1.29, 1.82) is 0 Å². The van der Waals surface area contributed by atoms with E-state index in [9.17, 15) is 19.8 Å². The Hall–Kier alpha value is -4.54. The molecule has 4 aromatic carbocycles. The molecule has 0 bridgehead atoms. The predicted octanol–water partition coefficient (Wildman–Crippen LogP) is 6.00. The van der Waals surface area contributed by atoms with Gasteiger partial charge in [-0.2, -0.15) is 0 Å². The van der Waals surface area contributed by atoms with E-state index in [2.05, 4.69) is 15.2 Å². The first-order chi connectivity index (χ1) is 22.9. The second-order valence-electron chi connectivity index (χ2n) is 11.3. The van der Waals surface area contributed by atoms with Gasteiger partial charge in [-0.05, 0) is 55.1 Å². The van der Waals surface area contributed by atoms with Crippen LogP contribution < -0.4 is 9.47 Å². The van der Waals surface area contributed by atoms with E-state index in [1.165, 1.54) is 6.07 Å². The number of fused-ring (bicyclic) bond motifs is 1. The fourth-order valence-electron chi connectivity index (χ4n) is 5.89. The van der Waals surface area contributed by atoms with Crippen LogP contribution in [0.25, 0.3) is 5.32 Å². The van der Waals surface area contributed by atoms with Crippen LogP contribution in [0.5, 0.6) is 11.5 Å². The summed E-state index contributed by atoms with van der Waals surface area (Å²) in [4.78, 5) is 33.2. The van der Waals surface area contributed by atoms with Crippen LogP contribution in [-0.2, 0) is 37.4 Å². The first-order valence-electron chi connectivity index (χ1n) is 15.7. The van der Waals surface area contributed by atoms with Gasteiger partial charge < -0.3 is 34.5 Å². The van der Waals surface area contributed by atoms with Crippen LogP contribution in [0.15, 0.2) is 108 Å². The Bertz CT molecular complexity index is 1740. The van der Waals surface area contributed by atoms with Crippen molar-refractivity contribution >= 4 is 23.3 Å². The predicted molar refractivity (Wildman–Crippen MR) is 176 cm³/mol. The standard InChI is InChI=1S/C37H37N3O7.Ni/c1-2-45-37-46-30-20-19-26(22-31(30)47-37)34(41)33(36(43)44)39-32(25-14-7-4-8-15-25)27-16-9-10-17-28(27)38-35(42)29-18-11-21-40(29)23-24-12-5-3-6-13-24;/h3-10,12-17,19-20,22,29,33-34,37,41H,2,11,18,21,23H2,1H3,(H2,38,39,42,43,44);/q;+2/p-1/t29-,33+,34-,37?;/m1./s1. The molecule has 2 N–H and O–H groups in total. The van der Waals surface area contributed by atoms with E-state index in [0.29, 0.717) is 47.9 Å². The van der Waals surface area contributed by atoms with Crippen molar-refractivity contribution in [1.82, 2.24) is 4.90 Å². The number of ether oxygens (including phenoxy) is 3. The number of benzene rings is 4. The summed E-state index contributed by atoms with van der Waals surface area (Å²) in [5.41, 5.74) is 3.15. The monoisotopic (exact) mass is 692 g/mol. The summed E-state index contributed by atoms with van der Waals surface area (Å²) in [5.74, 6) is -0.848. The van der Waals surface area contributed by atoms with Gasteiger partial charge in [0.25, 0.3) is 0 Å². The molecule has 2 heterocycles. The number of aliphatic carboxylic acids is 1. The Morgan fingerprint density at radius 1 is 0.958 bits per heavy atom. The molecule has 0 radical (unpaired) electrons. The summed E-state index contributed by atoms with van der Waals surface area (Å²) in [6.07, 6.45) is 0.0500. The van der Waals surface area contributed by atoms with E-state index in [-0.39, 0.29) is 39.7 Å². The van der Waals surface area contributed by atoms with Gasteiger partial charge in [0.05, 0.1) is 24.3 Å². The average Bonchev–Trinajstić information content (AvgIpc) is 3.72. The number of aliphatic imine (C=N–C) groups is 1. The van der Waals surface area contributed by atoms with Crippen LogP contribution >= 0.6 is 0 Å². The molecule has 6 rings (SSSR count). The molecule has 0 saturated carbocycles. The van der Waals surface area contributed by atoms with E-state index in [4.69, 9.17) is 14.2 Å². The minimum absolute atomic E-state index is 0. The summed E-state index contributed by atoms with van der Waals surface area (Å²) in [5, 5.41) is 26.3. The Kier molecular flexibility index (Phi) is 11.6. The summed E-state index contributed by atoms with van der Waals surface area (Å²) in [6.45, 7) is 2.71. The minimum Gasteiger partial charge on any atom is -0.625 e. The number of hydrogen-bond donors (Lipinski definition) is 2. The van der Waals surface area contributed by atoms with Gasteiger partial charge in [0, 0.05) is 12.1 Å². The number of carboxylic acids is 1. The first kappa shape index (κ1) is 34.8. The number of rotatable bonds is 12. The van der Waals surface area contributed by atoms with Crippen LogP contribution in [0.1, 0.15) is 48.1 Å². The van der Waals surface area contributed by atoms with Crippen molar-refractivity contribution in [3.8, 4) is 11.5 Å². The molecule has 48 heavy (non-hydrogen) atoms. The zero-order chi connectivity index (χ0) is 32.8. The maximum atomic E-state index is 13.7. The van der Waals surface area contributed by atoms with E-state index in [1.54, 1.807) is 55.5 Å². The topological polar surface area (TPSA) is 132 Å². The molecule has 11 heteroatoms. The van der Waals surface area contributed by atoms with E-state index >= 15 is 0 Å². The summed E-state index contributed by atoms with van der Waals surface area (Å²) in [7, 11) is 0. The van der Waals surface area contributed by atoms with Crippen molar-refractivity contribution in [3.05, 3.63) is 131 Å². The van der Waals surface area contributed by atoms with Crippen LogP contribution in [0.3, 0.4) is 0 Å². The molecule has 0 aliphatic carbocycles. The van der Waals surface area contributed by atoms with E-state index in [1.807, 2.05) is 48.5 Å². The van der Waals surface area contributed by atoms with E-state index < -0.39 is 24.6 Å². The third-order valence-electron chi connectivity index (χ3n) is 8.19. The number of likely N-dealkylation sites (tertiary alicyclic amines) is 1. The van der Waals surface area contributed by atoms with Crippen molar-refractivity contribution in [2.24, 2.45) is 4.99 Å². The number of hydrogen-bond acceptors (Lipinski definition) is 8. The van der Waals surface area contributed by atoms with Gasteiger partial charge in [-0.3, -0.25) is 9.89 Å². The fourth-order valence-corrected chi connectivity index (χ4v) is 5.89. The molecule has 1 saturated heterocycles. The SMILES string of the molecule is CCOC1Oc2ccc([C@@H](O)[C@H](N=C(c3ccccc3)c3ccccc3[N-]C(=O)[C@H]3CCCN3Cc3ccccc3)C(=O)O)cc2O1.[Ni+2]. The van der Waals surface area contributed by atoms with Gasteiger partial charge in [-0.1, -0.05) is 91.0 Å². The van der Waals surface area contributed by atoms with Crippen molar-refractivity contribution < 1.29 is 50.5 Å². The molecule has 250 valence electrons. The Balaban J connectivity index is 0.00000451. The molecule has 0 spiro atoms. The zero-order valence-electron chi connectivity index (χ0n) is 26.3. The number of carboxylic acid groups (broad SMARTS) is 1. The second kappa shape index (κ2) is 16.0. The summed E-state index contributed by atoms with van der Waals surface area (Å²) in [6, 6.07) is 28.9. The summed E-state index contributed by atoms with van der Waals surface area (Å²) < 4.78 is 16.6. The van der Waals surface area contributed by atoms with Gasteiger partial charge in [0.15, 0.2) is 17.5 Å². The molecule has 4 aromatic rings. The maximum Gasteiger partial charge on any atom is 2.00 e. The Morgan fingerprint density at radius 2 is 1.65 bits per heavy atom. The molecule has 1 fully saturated rings. The Morgan fingerprint density at radius 3 is 2.38 bits per heavy atom. The number of aliphatic hydroxyl groups is 1. The molecule has 0 aromatic heterocycles. The summed E-state index contributed by atoms with van der Waals surface area (Å²) >= 11 is 0. The number of aliphatic hydroxyl groups excluding tert-OH is 1. The average molecular weight is 693 g/mol. The molecular weight excluding hydrogens is 657 g/mol. The van der Waals surface area contributed by atoms with Crippen molar-refractivity contribution in [3.63, 3.8) is 0 Å². The molecule has 4 atom stereocenters. The zero-order valence-corrected chi connectivity index (χ0v) is 27.2. The van der Waals surface area contributed by atoms with Gasteiger partial charge in [-0.15, -0.1) is 5.69 Å². The number of para-hydroxylation sites is 1. The van der Waals surface area contributed by atoms with Gasteiger partial charge in [-0.25, -0.2) is 4.79 Å². The number of amides is 1. The third-order valence-corrected chi connectivity index (χ3v) is 8.19. The van der Waals surface area contributed by atoms with Crippen LogP contribution in [0.2, 0.25) is 0 Å². The second-order valence-corrected chi connectivity index (χ2v) is 11.3. The van der Waals surface area contributed by atoms with E-state index in [0.717, 1.165) is 18.5 Å². The molecule has 1 unspecified atom stereocenters. The van der Waals surface area contributed by atoms with Crippen LogP contribution in [-0.4, -0.2) is 64.4 Å². The Labute approximate surface area is 289 Å². The van der Waals surface area contributed by atoms with Gasteiger partial charge >= 0.3 is 28.9 Å².